The molecule has 0 aromatic rings. The highest BCUT2D eigenvalue weighted by atomic mass is 16.3. The van der Waals surface area contributed by atoms with Crippen LogP contribution in [0.4, 0.5) is 0 Å². The summed E-state index contributed by atoms with van der Waals surface area (Å²) in [7, 11) is 0. The lowest BCUT2D eigenvalue weighted by Crippen LogP contribution is -2.40. The quantitative estimate of drug-likeness (QED) is 0.728. The van der Waals surface area contributed by atoms with Crippen LogP contribution in [-0.2, 0) is 4.79 Å². The van der Waals surface area contributed by atoms with Crippen molar-refractivity contribution in [2.45, 2.75) is 38.1 Å². The highest BCUT2D eigenvalue weighted by Gasteiger charge is 2.24. The zero-order chi connectivity index (χ0) is 11.4. The van der Waals surface area contributed by atoms with Crippen molar-refractivity contribution >= 4 is 5.91 Å². The van der Waals surface area contributed by atoms with Crippen LogP contribution in [0.1, 0.15) is 32.1 Å². The third kappa shape index (κ3) is 3.19. The van der Waals surface area contributed by atoms with Gasteiger partial charge >= 0.3 is 0 Å². The number of amides is 1. The molecule has 4 nitrogen and oxygen atoms in total. The molecular weight excluding hydrogens is 204 g/mol. The molecule has 1 saturated carbocycles. The lowest BCUT2D eigenvalue weighted by molar-refractivity contribution is -0.122. The Morgan fingerprint density at radius 2 is 2.06 bits per heavy atom. The third-order valence-corrected chi connectivity index (χ3v) is 3.72. The van der Waals surface area contributed by atoms with Crippen LogP contribution in [-0.4, -0.2) is 48.2 Å². The largest absolute Gasteiger partial charge is 0.396 e. The van der Waals surface area contributed by atoms with E-state index in [9.17, 15) is 4.79 Å². The fourth-order valence-electron chi connectivity index (χ4n) is 2.75. The van der Waals surface area contributed by atoms with Crippen LogP contribution in [0.3, 0.4) is 0 Å². The molecule has 1 aliphatic carbocycles. The van der Waals surface area contributed by atoms with E-state index in [0.717, 1.165) is 32.4 Å². The van der Waals surface area contributed by atoms with Gasteiger partial charge in [-0.05, 0) is 31.7 Å². The van der Waals surface area contributed by atoms with Gasteiger partial charge in [-0.2, -0.15) is 0 Å². The van der Waals surface area contributed by atoms with E-state index in [1.54, 1.807) is 0 Å². The van der Waals surface area contributed by atoms with Crippen molar-refractivity contribution in [3.05, 3.63) is 0 Å². The van der Waals surface area contributed by atoms with Crippen molar-refractivity contribution in [3.63, 3.8) is 0 Å². The summed E-state index contributed by atoms with van der Waals surface area (Å²) in [5.41, 5.74) is 0. The SMILES string of the molecule is O=C(CN1CCC(CO)C1)NC1CCCC1. The van der Waals surface area contributed by atoms with Gasteiger partial charge in [-0.15, -0.1) is 0 Å². The van der Waals surface area contributed by atoms with Gasteiger partial charge in [0.15, 0.2) is 0 Å². The maximum Gasteiger partial charge on any atom is 0.234 e. The first kappa shape index (κ1) is 11.9. The molecule has 2 aliphatic rings. The first-order valence-corrected chi connectivity index (χ1v) is 6.40. The molecule has 1 amide bonds. The van der Waals surface area contributed by atoms with Crippen LogP contribution in [0.2, 0.25) is 0 Å². The summed E-state index contributed by atoms with van der Waals surface area (Å²) in [6.07, 6.45) is 5.81. The summed E-state index contributed by atoms with van der Waals surface area (Å²) in [5.74, 6) is 0.532. The van der Waals surface area contributed by atoms with Crippen LogP contribution < -0.4 is 5.32 Å². The van der Waals surface area contributed by atoms with E-state index in [-0.39, 0.29) is 12.5 Å². The normalized spacial score (nSPS) is 27.4. The topological polar surface area (TPSA) is 52.6 Å². The van der Waals surface area contributed by atoms with Crippen molar-refractivity contribution in [1.29, 1.82) is 0 Å². The number of aliphatic hydroxyl groups is 1. The molecule has 0 aromatic heterocycles. The highest BCUT2D eigenvalue weighted by molar-refractivity contribution is 5.78. The molecular formula is C12H22N2O2. The molecule has 0 radical (unpaired) electrons. The molecule has 1 saturated heterocycles. The standard InChI is InChI=1S/C12H22N2O2/c15-9-10-5-6-14(7-10)8-12(16)13-11-3-1-2-4-11/h10-11,15H,1-9H2,(H,13,16). The molecule has 2 N–H and O–H groups in total. The van der Waals surface area contributed by atoms with Gasteiger partial charge in [0.25, 0.3) is 0 Å². The Morgan fingerprint density at radius 3 is 2.69 bits per heavy atom. The maximum atomic E-state index is 11.7. The average Bonchev–Trinajstić information content (AvgIpc) is 2.89. The molecule has 1 heterocycles. The fourth-order valence-corrected chi connectivity index (χ4v) is 2.75. The first-order valence-electron chi connectivity index (χ1n) is 6.40. The fraction of sp³-hybridized carbons (Fsp3) is 0.917. The van der Waals surface area contributed by atoms with E-state index < -0.39 is 0 Å². The number of likely N-dealkylation sites (tertiary alicyclic amines) is 1. The summed E-state index contributed by atoms with van der Waals surface area (Å²) in [4.78, 5) is 13.9. The van der Waals surface area contributed by atoms with Crippen LogP contribution >= 0.6 is 0 Å². The number of nitrogens with one attached hydrogen (secondary N) is 1. The Kier molecular flexibility index (Phi) is 4.18. The Labute approximate surface area is 97.0 Å². The van der Waals surface area contributed by atoms with Gasteiger partial charge in [0, 0.05) is 19.2 Å². The van der Waals surface area contributed by atoms with Crippen molar-refractivity contribution in [3.8, 4) is 0 Å². The zero-order valence-corrected chi connectivity index (χ0v) is 9.82. The number of rotatable bonds is 4. The molecule has 2 fully saturated rings. The van der Waals surface area contributed by atoms with E-state index in [2.05, 4.69) is 10.2 Å². The number of hydrogen-bond acceptors (Lipinski definition) is 3. The molecule has 16 heavy (non-hydrogen) atoms. The minimum Gasteiger partial charge on any atom is -0.396 e. The third-order valence-electron chi connectivity index (χ3n) is 3.72. The molecule has 1 atom stereocenters. The number of hydrogen-bond donors (Lipinski definition) is 2. The predicted molar refractivity (Wildman–Crippen MR) is 62.0 cm³/mol. The molecule has 1 unspecified atom stereocenters. The van der Waals surface area contributed by atoms with Gasteiger partial charge in [-0.25, -0.2) is 0 Å². The van der Waals surface area contributed by atoms with Gasteiger partial charge in [0.1, 0.15) is 0 Å². The Morgan fingerprint density at radius 1 is 1.31 bits per heavy atom. The van der Waals surface area contributed by atoms with E-state index in [1.165, 1.54) is 12.8 Å². The van der Waals surface area contributed by atoms with Crippen molar-refractivity contribution < 1.29 is 9.90 Å². The average molecular weight is 226 g/mol. The summed E-state index contributed by atoms with van der Waals surface area (Å²) < 4.78 is 0. The van der Waals surface area contributed by atoms with Crippen molar-refractivity contribution in [1.82, 2.24) is 10.2 Å². The van der Waals surface area contributed by atoms with Crippen molar-refractivity contribution in [2.24, 2.45) is 5.92 Å². The monoisotopic (exact) mass is 226 g/mol. The summed E-state index contributed by atoms with van der Waals surface area (Å²) in [5, 5.41) is 12.1. The number of aliphatic hydroxyl groups excluding tert-OH is 1. The lowest BCUT2D eigenvalue weighted by Gasteiger charge is -2.17. The molecule has 0 aromatic carbocycles. The molecule has 2 rings (SSSR count). The molecule has 92 valence electrons. The van der Waals surface area contributed by atoms with Gasteiger partial charge in [0.2, 0.25) is 5.91 Å². The second-order valence-electron chi connectivity index (χ2n) is 5.12. The Hall–Kier alpha value is -0.610. The highest BCUT2D eigenvalue weighted by Crippen LogP contribution is 2.18. The van der Waals surface area contributed by atoms with Gasteiger partial charge < -0.3 is 10.4 Å². The minimum atomic E-state index is 0.158. The molecule has 0 bridgehead atoms. The molecule has 0 spiro atoms. The van der Waals surface area contributed by atoms with E-state index >= 15 is 0 Å². The Bertz CT molecular complexity index is 239. The Balaban J connectivity index is 1.67. The lowest BCUT2D eigenvalue weighted by atomic mass is 10.1. The number of carbonyl (C=O) groups excluding carboxylic acids is 1. The predicted octanol–water partition coefficient (Wildman–Crippen LogP) is 0.359. The van der Waals surface area contributed by atoms with Crippen LogP contribution in [0.5, 0.6) is 0 Å². The minimum absolute atomic E-state index is 0.158. The van der Waals surface area contributed by atoms with Crippen LogP contribution in [0.15, 0.2) is 0 Å². The first-order chi connectivity index (χ1) is 7.78. The summed E-state index contributed by atoms with van der Waals surface area (Å²) in [6, 6.07) is 0.420. The van der Waals surface area contributed by atoms with Crippen LogP contribution in [0.25, 0.3) is 0 Å². The smallest absolute Gasteiger partial charge is 0.234 e. The van der Waals surface area contributed by atoms with Crippen LogP contribution in [0, 0.1) is 5.92 Å². The molecule has 1 aliphatic heterocycles. The van der Waals surface area contributed by atoms with Gasteiger partial charge in [-0.1, -0.05) is 12.8 Å². The maximum absolute atomic E-state index is 11.7. The number of nitrogens with zero attached hydrogens (tertiary/aromatic N) is 1. The molecule has 4 heteroatoms. The zero-order valence-electron chi connectivity index (χ0n) is 9.82. The second kappa shape index (κ2) is 5.64. The number of carbonyl (C=O) groups is 1. The summed E-state index contributed by atoms with van der Waals surface area (Å²) >= 11 is 0. The van der Waals surface area contributed by atoms with Crippen molar-refractivity contribution in [2.75, 3.05) is 26.2 Å². The second-order valence-corrected chi connectivity index (χ2v) is 5.12. The van der Waals surface area contributed by atoms with E-state index in [1.807, 2.05) is 0 Å². The van der Waals surface area contributed by atoms with Gasteiger partial charge in [0.05, 0.1) is 6.54 Å². The van der Waals surface area contributed by atoms with E-state index in [0.29, 0.717) is 18.5 Å². The van der Waals surface area contributed by atoms with E-state index in [4.69, 9.17) is 5.11 Å². The van der Waals surface area contributed by atoms with Gasteiger partial charge in [-0.3, -0.25) is 9.69 Å². The summed E-state index contributed by atoms with van der Waals surface area (Å²) in [6.45, 7) is 2.58.